The molecule has 0 aromatic heterocycles. The molecule has 0 saturated carbocycles. The van der Waals surface area contributed by atoms with Crippen molar-refractivity contribution in [2.45, 2.75) is 33.6 Å². The Morgan fingerprint density at radius 1 is 0.964 bits per heavy atom. The Bertz CT molecular complexity index is 773. The molecule has 0 aliphatic carbocycles. The first kappa shape index (κ1) is 21.3. The number of aryl methyl sites for hydroxylation is 1. The fourth-order valence-electron chi connectivity index (χ4n) is 2.26. The van der Waals surface area contributed by atoms with Gasteiger partial charge in [-0.2, -0.15) is 5.10 Å². The largest absolute Gasteiger partial charge is 0.493 e. The lowest BCUT2D eigenvalue weighted by Gasteiger charge is -2.11. The summed E-state index contributed by atoms with van der Waals surface area (Å²) in [5.74, 6) is 1.73. The van der Waals surface area contributed by atoms with Gasteiger partial charge in [-0.15, -0.1) is 0 Å². The van der Waals surface area contributed by atoms with Gasteiger partial charge in [-0.25, -0.2) is 5.43 Å². The van der Waals surface area contributed by atoms with Crippen molar-refractivity contribution in [1.82, 2.24) is 5.43 Å². The second-order valence-corrected chi connectivity index (χ2v) is 6.29. The van der Waals surface area contributed by atoms with Gasteiger partial charge in [-0.05, 0) is 44.0 Å². The zero-order chi connectivity index (χ0) is 20.2. The molecular formula is C22H28N2O4. The number of hydrazone groups is 1. The maximum Gasteiger partial charge on any atom is 0.277 e. The molecule has 0 bridgehead atoms. The number of nitrogens with zero attached hydrogens (tertiary/aromatic N) is 1. The first-order valence-corrected chi connectivity index (χ1v) is 9.53. The smallest absolute Gasteiger partial charge is 0.277 e. The molecule has 2 rings (SSSR count). The molecule has 150 valence electrons. The number of carbonyl (C=O) groups is 1. The number of hydrogen-bond donors (Lipinski definition) is 1. The Morgan fingerprint density at radius 3 is 2.36 bits per heavy atom. The summed E-state index contributed by atoms with van der Waals surface area (Å²) in [6, 6.07) is 13.1. The summed E-state index contributed by atoms with van der Waals surface area (Å²) in [7, 11) is 0. The fourth-order valence-corrected chi connectivity index (χ4v) is 2.26. The van der Waals surface area contributed by atoms with Gasteiger partial charge in [0.2, 0.25) is 0 Å². The van der Waals surface area contributed by atoms with Crippen molar-refractivity contribution in [3.05, 3.63) is 53.6 Å². The summed E-state index contributed by atoms with van der Waals surface area (Å²) >= 11 is 0. The van der Waals surface area contributed by atoms with E-state index in [4.69, 9.17) is 14.2 Å². The van der Waals surface area contributed by atoms with Crippen molar-refractivity contribution in [1.29, 1.82) is 0 Å². The molecule has 2 aromatic rings. The summed E-state index contributed by atoms with van der Waals surface area (Å²) in [5, 5.41) is 4.00. The molecule has 0 aliphatic heterocycles. The topological polar surface area (TPSA) is 69.2 Å². The third-order valence-corrected chi connectivity index (χ3v) is 3.70. The van der Waals surface area contributed by atoms with E-state index in [-0.39, 0.29) is 12.5 Å². The van der Waals surface area contributed by atoms with Crippen LogP contribution in [0.3, 0.4) is 0 Å². The van der Waals surface area contributed by atoms with Crippen molar-refractivity contribution in [3.8, 4) is 17.2 Å². The zero-order valence-electron chi connectivity index (χ0n) is 16.7. The van der Waals surface area contributed by atoms with Gasteiger partial charge in [-0.1, -0.05) is 31.5 Å². The van der Waals surface area contributed by atoms with E-state index in [1.807, 2.05) is 56.3 Å². The average molecular weight is 384 g/mol. The molecular weight excluding hydrogens is 356 g/mol. The van der Waals surface area contributed by atoms with Crippen molar-refractivity contribution in [3.63, 3.8) is 0 Å². The maximum atomic E-state index is 11.9. The van der Waals surface area contributed by atoms with Crippen LogP contribution in [-0.2, 0) is 4.79 Å². The molecule has 0 fully saturated rings. The summed E-state index contributed by atoms with van der Waals surface area (Å²) < 4.78 is 16.8. The van der Waals surface area contributed by atoms with Crippen LogP contribution in [0.15, 0.2) is 47.6 Å². The third kappa shape index (κ3) is 7.31. The quantitative estimate of drug-likeness (QED) is 0.468. The van der Waals surface area contributed by atoms with Crippen LogP contribution in [0.25, 0.3) is 0 Å². The monoisotopic (exact) mass is 384 g/mol. The fraction of sp³-hybridized carbons (Fsp3) is 0.364. The Kier molecular flexibility index (Phi) is 8.85. The van der Waals surface area contributed by atoms with Crippen LogP contribution in [0, 0.1) is 6.92 Å². The first-order valence-electron chi connectivity index (χ1n) is 9.53. The predicted molar refractivity (Wildman–Crippen MR) is 110 cm³/mol. The van der Waals surface area contributed by atoms with Crippen LogP contribution in [0.1, 0.15) is 37.8 Å². The lowest BCUT2D eigenvalue weighted by atomic mass is 10.2. The number of hydrogen-bond acceptors (Lipinski definition) is 5. The Balaban J connectivity index is 1.91. The molecule has 0 spiro atoms. The van der Waals surface area contributed by atoms with Gasteiger partial charge in [0.25, 0.3) is 5.91 Å². The molecule has 0 atom stereocenters. The van der Waals surface area contributed by atoms with E-state index >= 15 is 0 Å². The molecule has 0 saturated heterocycles. The number of amides is 1. The van der Waals surface area contributed by atoms with Crippen LogP contribution in [0.5, 0.6) is 17.2 Å². The lowest BCUT2D eigenvalue weighted by molar-refractivity contribution is -0.123. The summed E-state index contributed by atoms with van der Waals surface area (Å²) in [5.41, 5.74) is 4.36. The van der Waals surface area contributed by atoms with Gasteiger partial charge < -0.3 is 14.2 Å². The molecule has 0 radical (unpaired) electrons. The number of carbonyl (C=O) groups excluding carboxylic acids is 1. The zero-order valence-corrected chi connectivity index (χ0v) is 16.7. The van der Waals surface area contributed by atoms with Gasteiger partial charge in [0, 0.05) is 11.6 Å². The Hall–Kier alpha value is -3.02. The van der Waals surface area contributed by atoms with E-state index in [0.29, 0.717) is 24.7 Å². The van der Waals surface area contributed by atoms with E-state index in [9.17, 15) is 4.79 Å². The van der Waals surface area contributed by atoms with E-state index < -0.39 is 0 Å². The highest BCUT2D eigenvalue weighted by atomic mass is 16.5. The summed E-state index contributed by atoms with van der Waals surface area (Å²) in [6.07, 6.45) is 3.38. The van der Waals surface area contributed by atoms with E-state index in [1.165, 1.54) is 0 Å². The third-order valence-electron chi connectivity index (χ3n) is 3.70. The molecule has 0 heterocycles. The Labute approximate surface area is 166 Å². The van der Waals surface area contributed by atoms with E-state index in [2.05, 4.69) is 17.5 Å². The lowest BCUT2D eigenvalue weighted by Crippen LogP contribution is -2.24. The average Bonchev–Trinajstić information content (AvgIpc) is 2.71. The molecule has 0 aliphatic rings. The molecule has 6 heteroatoms. The normalized spacial score (nSPS) is 10.7. The van der Waals surface area contributed by atoms with E-state index in [0.717, 1.165) is 29.7 Å². The minimum absolute atomic E-state index is 0.108. The number of ether oxygens (including phenoxy) is 3. The highest BCUT2D eigenvalue weighted by molar-refractivity contribution is 5.85. The second-order valence-electron chi connectivity index (χ2n) is 6.29. The number of nitrogens with one attached hydrogen (secondary N) is 1. The van der Waals surface area contributed by atoms with Crippen LogP contribution < -0.4 is 19.6 Å². The minimum Gasteiger partial charge on any atom is -0.493 e. The second kappa shape index (κ2) is 11.6. The molecule has 6 nitrogen and oxygen atoms in total. The van der Waals surface area contributed by atoms with Crippen molar-refractivity contribution in [2.75, 3.05) is 19.8 Å². The van der Waals surface area contributed by atoms with Gasteiger partial charge in [0.05, 0.1) is 19.4 Å². The molecule has 1 N–H and O–H groups in total. The van der Waals surface area contributed by atoms with Crippen molar-refractivity contribution < 1.29 is 19.0 Å². The van der Waals surface area contributed by atoms with Crippen molar-refractivity contribution in [2.24, 2.45) is 5.10 Å². The van der Waals surface area contributed by atoms with Crippen LogP contribution in [-0.4, -0.2) is 31.9 Å². The van der Waals surface area contributed by atoms with Crippen LogP contribution in [0.4, 0.5) is 0 Å². The SMILES string of the molecule is CCCOc1ccc(/C=N\NC(=O)COc2ccc(C)cc2)c(OCCC)c1. The molecule has 28 heavy (non-hydrogen) atoms. The first-order chi connectivity index (χ1) is 13.6. The van der Waals surface area contributed by atoms with Gasteiger partial charge in [0.15, 0.2) is 6.61 Å². The molecule has 1 amide bonds. The van der Waals surface area contributed by atoms with E-state index in [1.54, 1.807) is 6.21 Å². The van der Waals surface area contributed by atoms with Gasteiger partial charge >= 0.3 is 0 Å². The number of rotatable bonds is 11. The minimum atomic E-state index is -0.337. The maximum absolute atomic E-state index is 11.9. The molecule has 0 unspecified atom stereocenters. The predicted octanol–water partition coefficient (Wildman–Crippen LogP) is 4.10. The van der Waals surface area contributed by atoms with Gasteiger partial charge in [-0.3, -0.25) is 4.79 Å². The van der Waals surface area contributed by atoms with Crippen molar-refractivity contribution >= 4 is 12.1 Å². The molecule has 2 aromatic carbocycles. The van der Waals surface area contributed by atoms with Crippen LogP contribution in [0.2, 0.25) is 0 Å². The standard InChI is InChI=1S/C22H28N2O4/c1-4-12-26-20-11-8-18(21(14-20)27-13-5-2)15-23-24-22(25)16-28-19-9-6-17(3)7-10-19/h6-11,14-15H,4-5,12-13,16H2,1-3H3,(H,24,25)/b23-15-. The highest BCUT2D eigenvalue weighted by Crippen LogP contribution is 2.24. The van der Waals surface area contributed by atoms with Crippen LogP contribution >= 0.6 is 0 Å². The summed E-state index contributed by atoms with van der Waals surface area (Å²) in [6.45, 7) is 7.22. The number of benzene rings is 2. The Morgan fingerprint density at radius 2 is 1.64 bits per heavy atom. The summed E-state index contributed by atoms with van der Waals surface area (Å²) in [4.78, 5) is 11.9. The highest BCUT2D eigenvalue weighted by Gasteiger charge is 2.06. The van der Waals surface area contributed by atoms with Gasteiger partial charge in [0.1, 0.15) is 17.2 Å².